The normalized spacial score (nSPS) is 16.8. The van der Waals surface area contributed by atoms with Crippen LogP contribution in [0.2, 0.25) is 0 Å². The van der Waals surface area contributed by atoms with Gasteiger partial charge in [-0.05, 0) is 24.3 Å². The molecule has 0 saturated carbocycles. The Morgan fingerprint density at radius 1 is 1.22 bits per heavy atom. The molecule has 27 heavy (non-hydrogen) atoms. The number of carbonyl (C=O) groups excluding carboxylic acids is 1. The molecule has 0 aliphatic carbocycles. The van der Waals surface area contributed by atoms with Crippen molar-refractivity contribution in [2.24, 2.45) is 5.73 Å². The zero-order valence-corrected chi connectivity index (χ0v) is 14.8. The number of hydrogen-bond acceptors (Lipinski definition) is 7. The van der Waals surface area contributed by atoms with E-state index in [0.29, 0.717) is 5.03 Å². The minimum atomic E-state index is -0.857. The van der Waals surface area contributed by atoms with E-state index in [0.717, 1.165) is 17.4 Å². The molecule has 1 heterocycles. The summed E-state index contributed by atoms with van der Waals surface area (Å²) < 4.78 is 0. The second kappa shape index (κ2) is 7.35. The molecule has 0 fully saturated rings. The minimum Gasteiger partial charge on any atom is -0.384 e. The Kier molecular flexibility index (Phi) is 4.96. The highest BCUT2D eigenvalue weighted by molar-refractivity contribution is 8.04. The molecule has 0 amide bonds. The van der Waals surface area contributed by atoms with Crippen LogP contribution in [0.3, 0.4) is 0 Å². The third-order valence-corrected chi connectivity index (χ3v) is 5.16. The first-order valence-electron chi connectivity index (χ1n) is 7.83. The summed E-state index contributed by atoms with van der Waals surface area (Å²) in [5.74, 6) is -0.212. The smallest absolute Gasteiger partial charge is 0.269 e. The average molecular weight is 378 g/mol. The van der Waals surface area contributed by atoms with Gasteiger partial charge in [-0.2, -0.15) is 5.26 Å². The number of non-ortho nitro benzene ring substituents is 1. The summed E-state index contributed by atoms with van der Waals surface area (Å²) in [4.78, 5) is 24.8. The fourth-order valence-electron chi connectivity index (χ4n) is 2.70. The van der Waals surface area contributed by atoms with Crippen molar-refractivity contribution >= 4 is 28.9 Å². The van der Waals surface area contributed by atoms with Gasteiger partial charge >= 0.3 is 0 Å². The van der Waals surface area contributed by atoms with Crippen LogP contribution in [-0.2, 0) is 0 Å². The van der Waals surface area contributed by atoms with Gasteiger partial charge in [-0.3, -0.25) is 19.8 Å². The molecule has 2 N–H and O–H groups in total. The van der Waals surface area contributed by atoms with Crippen molar-refractivity contribution in [3.8, 4) is 6.07 Å². The minimum absolute atomic E-state index is 0.113. The van der Waals surface area contributed by atoms with E-state index in [2.05, 4.69) is 6.58 Å². The Labute approximate surface area is 159 Å². The molecular formula is C19H14N4O3S. The van der Waals surface area contributed by atoms with Crippen molar-refractivity contribution in [1.29, 1.82) is 5.26 Å². The fraction of sp³-hybridized carbons (Fsp3) is 0.0526. The number of nitriles is 1. The lowest BCUT2D eigenvalue weighted by atomic mass is 10.0. The van der Waals surface area contributed by atoms with Crippen molar-refractivity contribution in [2.75, 3.05) is 4.90 Å². The van der Waals surface area contributed by atoms with Crippen molar-refractivity contribution < 1.29 is 9.72 Å². The molecule has 134 valence electrons. The molecule has 0 bridgehead atoms. The van der Waals surface area contributed by atoms with Crippen molar-refractivity contribution in [3.63, 3.8) is 0 Å². The predicted octanol–water partition coefficient (Wildman–Crippen LogP) is 3.56. The van der Waals surface area contributed by atoms with Crippen LogP contribution in [0.15, 0.2) is 77.6 Å². The second-order valence-electron chi connectivity index (χ2n) is 5.64. The van der Waals surface area contributed by atoms with Gasteiger partial charge in [0.15, 0.2) is 5.78 Å². The maximum atomic E-state index is 12.9. The first-order valence-corrected chi connectivity index (χ1v) is 8.71. The van der Waals surface area contributed by atoms with Crippen LogP contribution in [0, 0.1) is 21.4 Å². The van der Waals surface area contributed by atoms with Crippen LogP contribution in [0.25, 0.3) is 0 Å². The number of nitrogens with zero attached hydrogens (tertiary/aromatic N) is 3. The van der Waals surface area contributed by atoms with Gasteiger partial charge in [0, 0.05) is 23.4 Å². The Morgan fingerprint density at radius 2 is 1.85 bits per heavy atom. The number of para-hydroxylation sites is 1. The van der Waals surface area contributed by atoms with Gasteiger partial charge in [-0.1, -0.05) is 36.5 Å². The molecule has 2 aromatic rings. The number of nitrogens with two attached hydrogens (primary N) is 1. The van der Waals surface area contributed by atoms with E-state index in [1.54, 1.807) is 4.90 Å². The highest BCUT2D eigenvalue weighted by atomic mass is 32.2. The van der Waals surface area contributed by atoms with Gasteiger partial charge in [0.2, 0.25) is 0 Å². The van der Waals surface area contributed by atoms with E-state index in [1.165, 1.54) is 24.3 Å². The quantitative estimate of drug-likeness (QED) is 0.491. The molecule has 2 aromatic carbocycles. The lowest BCUT2D eigenvalue weighted by Gasteiger charge is -2.34. The lowest BCUT2D eigenvalue weighted by Crippen LogP contribution is -2.36. The Balaban J connectivity index is 1.98. The van der Waals surface area contributed by atoms with E-state index >= 15 is 0 Å². The highest BCUT2D eigenvalue weighted by Crippen LogP contribution is 2.40. The molecule has 0 aromatic heterocycles. The number of anilines is 1. The van der Waals surface area contributed by atoms with Gasteiger partial charge < -0.3 is 5.73 Å². The number of carbonyl (C=O) groups is 1. The molecule has 3 rings (SSSR count). The Hall–Kier alpha value is -3.57. The first kappa shape index (κ1) is 18.2. The average Bonchev–Trinajstić information content (AvgIpc) is 2.68. The van der Waals surface area contributed by atoms with Crippen LogP contribution in [0.1, 0.15) is 10.4 Å². The number of nitro groups is 1. The van der Waals surface area contributed by atoms with Gasteiger partial charge in [-0.15, -0.1) is 0 Å². The second-order valence-corrected chi connectivity index (χ2v) is 6.82. The fourth-order valence-corrected chi connectivity index (χ4v) is 3.81. The third-order valence-electron chi connectivity index (χ3n) is 4.02. The highest BCUT2D eigenvalue weighted by Gasteiger charge is 2.36. The standard InChI is InChI=1S/C19H14N4O3S/c1-12-22(14-5-3-2-4-6-14)19(21)16(11-20)18(27-12)17(24)13-7-9-15(10-8-13)23(25)26/h2-10,18H,1,21H2. The SMILES string of the molecule is C=C1SC(C(=O)c2ccc([N+](=O)[O-])cc2)C(C#N)=C(N)N1c1ccccc1. The molecule has 1 aliphatic rings. The zero-order valence-electron chi connectivity index (χ0n) is 14.0. The molecule has 7 nitrogen and oxygen atoms in total. The predicted molar refractivity (Wildman–Crippen MR) is 104 cm³/mol. The molecule has 1 unspecified atom stereocenters. The largest absolute Gasteiger partial charge is 0.384 e. The summed E-state index contributed by atoms with van der Waals surface area (Å²) >= 11 is 1.13. The maximum absolute atomic E-state index is 12.9. The maximum Gasteiger partial charge on any atom is 0.269 e. The van der Waals surface area contributed by atoms with Crippen LogP contribution in [-0.4, -0.2) is 16.0 Å². The van der Waals surface area contributed by atoms with E-state index in [4.69, 9.17) is 5.73 Å². The monoisotopic (exact) mass is 378 g/mol. The summed E-state index contributed by atoms with van der Waals surface area (Å²) in [7, 11) is 0. The van der Waals surface area contributed by atoms with Crippen molar-refractivity contribution in [3.05, 3.63) is 93.3 Å². The van der Waals surface area contributed by atoms with E-state index in [1.807, 2.05) is 36.4 Å². The summed E-state index contributed by atoms with van der Waals surface area (Å²) in [5.41, 5.74) is 7.21. The molecule has 8 heteroatoms. The van der Waals surface area contributed by atoms with Crippen LogP contribution in [0.4, 0.5) is 11.4 Å². The first-order chi connectivity index (χ1) is 12.9. The number of Topliss-reactive ketones (excluding diaryl/α,β-unsaturated/α-hetero) is 1. The molecule has 1 aliphatic heterocycles. The lowest BCUT2D eigenvalue weighted by molar-refractivity contribution is -0.384. The topological polar surface area (TPSA) is 113 Å². The van der Waals surface area contributed by atoms with Gasteiger partial charge in [0.05, 0.1) is 15.5 Å². The van der Waals surface area contributed by atoms with Gasteiger partial charge in [-0.25, -0.2) is 0 Å². The van der Waals surface area contributed by atoms with E-state index in [-0.39, 0.29) is 28.4 Å². The summed E-state index contributed by atoms with van der Waals surface area (Å²) in [6.07, 6.45) is 0. The summed E-state index contributed by atoms with van der Waals surface area (Å²) in [5, 5.41) is 20.0. The molecular weight excluding hydrogens is 364 g/mol. The summed E-state index contributed by atoms with van der Waals surface area (Å²) in [6, 6.07) is 16.5. The number of ketones is 1. The molecule has 0 spiro atoms. The summed E-state index contributed by atoms with van der Waals surface area (Å²) in [6.45, 7) is 3.98. The number of rotatable bonds is 4. The Bertz CT molecular complexity index is 994. The molecule has 0 radical (unpaired) electrons. The van der Waals surface area contributed by atoms with Gasteiger partial charge in [0.1, 0.15) is 17.1 Å². The van der Waals surface area contributed by atoms with E-state index < -0.39 is 10.2 Å². The number of thioether (sulfide) groups is 1. The molecule has 1 atom stereocenters. The zero-order chi connectivity index (χ0) is 19.6. The Morgan fingerprint density at radius 3 is 2.41 bits per heavy atom. The number of nitro benzene ring substituents is 1. The van der Waals surface area contributed by atoms with Crippen LogP contribution >= 0.6 is 11.8 Å². The van der Waals surface area contributed by atoms with Crippen LogP contribution in [0.5, 0.6) is 0 Å². The number of hydrogen-bond donors (Lipinski definition) is 1. The van der Waals surface area contributed by atoms with E-state index in [9.17, 15) is 20.2 Å². The van der Waals surface area contributed by atoms with Crippen LogP contribution < -0.4 is 10.6 Å². The van der Waals surface area contributed by atoms with Crippen molar-refractivity contribution in [2.45, 2.75) is 5.25 Å². The third kappa shape index (κ3) is 3.41. The van der Waals surface area contributed by atoms with Gasteiger partial charge in [0.25, 0.3) is 5.69 Å². The van der Waals surface area contributed by atoms with Crippen molar-refractivity contribution in [1.82, 2.24) is 0 Å². The number of benzene rings is 2. The molecule has 0 saturated heterocycles.